The first-order chi connectivity index (χ1) is 14.5. The van der Waals surface area contributed by atoms with Crippen LogP contribution in [0.15, 0.2) is 18.2 Å². The van der Waals surface area contributed by atoms with Gasteiger partial charge in [-0.05, 0) is 87.7 Å². The van der Waals surface area contributed by atoms with Gasteiger partial charge in [-0.15, -0.1) is 0 Å². The quantitative estimate of drug-likeness (QED) is 0.615. The number of hydrogen-bond acceptors (Lipinski definition) is 3. The largest absolute Gasteiger partial charge is 0.381 e. The molecule has 2 aliphatic rings. The Morgan fingerprint density at radius 3 is 2.42 bits per heavy atom. The topological polar surface area (TPSA) is 41.6 Å². The first kappa shape index (κ1) is 24.2. The number of nitrogens with one attached hydrogen (secondary N) is 1. The van der Waals surface area contributed by atoms with Crippen LogP contribution in [0.5, 0.6) is 0 Å². The summed E-state index contributed by atoms with van der Waals surface area (Å²) in [6.45, 7) is 13.4. The molecule has 1 aromatic rings. The van der Waals surface area contributed by atoms with Crippen LogP contribution in [0, 0.1) is 18.3 Å². The number of methoxy groups -OCH3 is 1. The zero-order valence-corrected chi connectivity index (χ0v) is 21.2. The first-order valence-corrected chi connectivity index (χ1v) is 12.2. The Morgan fingerprint density at radius 2 is 1.87 bits per heavy atom. The van der Waals surface area contributed by atoms with E-state index in [4.69, 9.17) is 17.0 Å². The van der Waals surface area contributed by atoms with Crippen molar-refractivity contribution in [3.8, 4) is 0 Å². The number of carbonyl (C=O) groups excluding carboxylic acids is 1. The van der Waals surface area contributed by atoms with Crippen molar-refractivity contribution in [1.82, 2.24) is 10.2 Å². The molecule has 31 heavy (non-hydrogen) atoms. The van der Waals surface area contributed by atoms with Crippen molar-refractivity contribution < 1.29 is 9.53 Å². The van der Waals surface area contributed by atoms with Gasteiger partial charge >= 0.3 is 0 Å². The average Bonchev–Trinajstić information content (AvgIpc) is 2.71. The van der Waals surface area contributed by atoms with Gasteiger partial charge in [0.1, 0.15) is 5.54 Å². The summed E-state index contributed by atoms with van der Waals surface area (Å²) in [4.78, 5) is 16.1. The second kappa shape index (κ2) is 9.19. The maximum absolute atomic E-state index is 14.1. The summed E-state index contributed by atoms with van der Waals surface area (Å²) in [6.07, 6.45) is 5.08. The van der Waals surface area contributed by atoms with Crippen LogP contribution in [0.2, 0.25) is 0 Å². The van der Waals surface area contributed by atoms with Crippen molar-refractivity contribution in [2.75, 3.05) is 13.7 Å². The molecule has 0 radical (unpaired) electrons. The lowest BCUT2D eigenvalue weighted by atomic mass is 9.57. The lowest BCUT2D eigenvalue weighted by molar-refractivity contribution is -0.136. The Hall–Kier alpha value is -1.46. The van der Waals surface area contributed by atoms with Crippen LogP contribution in [0.3, 0.4) is 0 Å². The van der Waals surface area contributed by atoms with E-state index in [0.717, 1.165) is 43.2 Å². The number of hydrogen-bond donors (Lipinski definition) is 1. The van der Waals surface area contributed by atoms with Crippen molar-refractivity contribution in [1.29, 1.82) is 0 Å². The van der Waals surface area contributed by atoms with Gasteiger partial charge in [0.2, 0.25) is 0 Å². The number of thiocarbonyl (C=S) groups is 1. The van der Waals surface area contributed by atoms with Crippen LogP contribution in [-0.4, -0.2) is 41.6 Å². The predicted molar refractivity (Wildman–Crippen MR) is 131 cm³/mol. The lowest BCUT2D eigenvalue weighted by Gasteiger charge is -2.56. The molecule has 1 N–H and O–H groups in total. The minimum absolute atomic E-state index is 0.187. The third-order valence-electron chi connectivity index (χ3n) is 7.54. The van der Waals surface area contributed by atoms with Gasteiger partial charge in [-0.3, -0.25) is 4.79 Å². The van der Waals surface area contributed by atoms with Crippen LogP contribution in [-0.2, 0) is 21.5 Å². The van der Waals surface area contributed by atoms with E-state index in [2.05, 4.69) is 65.1 Å². The van der Waals surface area contributed by atoms with Crippen molar-refractivity contribution in [2.24, 2.45) is 11.3 Å². The van der Waals surface area contributed by atoms with Crippen molar-refractivity contribution >= 4 is 23.1 Å². The van der Waals surface area contributed by atoms with Crippen LogP contribution in [0.25, 0.3) is 0 Å². The molecule has 0 amide bonds. The van der Waals surface area contributed by atoms with E-state index < -0.39 is 5.54 Å². The highest BCUT2D eigenvalue weighted by molar-refractivity contribution is 7.80. The molecule has 1 aliphatic heterocycles. The fourth-order valence-electron chi connectivity index (χ4n) is 5.60. The molecular weight excluding hydrogens is 404 g/mol. The van der Waals surface area contributed by atoms with Crippen molar-refractivity contribution in [3.05, 3.63) is 34.9 Å². The Labute approximate surface area is 194 Å². The summed E-state index contributed by atoms with van der Waals surface area (Å²) in [5.41, 5.74) is 2.53. The zero-order chi connectivity index (χ0) is 23.0. The van der Waals surface area contributed by atoms with Gasteiger partial charge in [-0.2, -0.15) is 0 Å². The van der Waals surface area contributed by atoms with Gasteiger partial charge in [0.25, 0.3) is 0 Å². The zero-order valence-electron chi connectivity index (χ0n) is 20.4. The van der Waals surface area contributed by atoms with Crippen LogP contribution in [0.1, 0.15) is 77.0 Å². The number of aryl methyl sites for hydroxylation is 1. The Balaban J connectivity index is 2.15. The molecule has 1 saturated heterocycles. The van der Waals surface area contributed by atoms with Gasteiger partial charge in [0.15, 0.2) is 10.9 Å². The van der Waals surface area contributed by atoms with Crippen molar-refractivity contribution in [3.63, 3.8) is 0 Å². The van der Waals surface area contributed by atoms with Crippen LogP contribution in [0.4, 0.5) is 0 Å². The summed E-state index contributed by atoms with van der Waals surface area (Å²) < 4.78 is 5.65. The minimum atomic E-state index is -0.800. The number of nitrogens with zero attached hydrogens (tertiary/aromatic N) is 1. The number of rotatable bonds is 6. The standard InChI is InChI=1S/C26H40N2O2S/c1-17(2)14-20-9-8-19(5)22(15-20)26(25(6)12-10-21(30-7)11-13-25)23(29)16-28(18(3)4)24(31)27-26/h8-9,15,17-18,21H,10-14,16H2,1-7H3,(H,27,31). The maximum Gasteiger partial charge on any atom is 0.182 e. The predicted octanol–water partition coefficient (Wildman–Crippen LogP) is 5.15. The lowest BCUT2D eigenvalue weighted by Crippen LogP contribution is -2.71. The van der Waals surface area contributed by atoms with Gasteiger partial charge < -0.3 is 15.0 Å². The fourth-order valence-corrected chi connectivity index (χ4v) is 6.03. The highest BCUT2D eigenvalue weighted by Crippen LogP contribution is 2.52. The molecule has 4 nitrogen and oxygen atoms in total. The van der Waals surface area contributed by atoms with Gasteiger partial charge in [-0.25, -0.2) is 0 Å². The molecule has 2 fully saturated rings. The summed E-state index contributed by atoms with van der Waals surface area (Å²) in [5, 5.41) is 4.35. The highest BCUT2D eigenvalue weighted by Gasteiger charge is 2.58. The Kier molecular flexibility index (Phi) is 7.17. The molecule has 172 valence electrons. The summed E-state index contributed by atoms with van der Waals surface area (Å²) in [5.74, 6) is 0.796. The SMILES string of the molecule is COC1CCC(C)(C2(c3cc(CC(C)C)ccc3C)NC(=S)N(C(C)C)CC2=O)CC1. The highest BCUT2D eigenvalue weighted by atomic mass is 32.1. The van der Waals surface area contributed by atoms with E-state index in [-0.39, 0.29) is 23.3 Å². The average molecular weight is 445 g/mol. The van der Waals surface area contributed by atoms with E-state index in [1.54, 1.807) is 7.11 Å². The molecule has 5 heteroatoms. The number of carbonyl (C=O) groups is 1. The van der Waals surface area contributed by atoms with E-state index in [0.29, 0.717) is 17.6 Å². The summed E-state index contributed by atoms with van der Waals surface area (Å²) in [7, 11) is 1.79. The number of benzene rings is 1. The number of ether oxygens (including phenoxy) is 1. The summed E-state index contributed by atoms with van der Waals surface area (Å²) in [6, 6.07) is 6.86. The van der Waals surface area contributed by atoms with Crippen LogP contribution >= 0.6 is 12.2 Å². The smallest absolute Gasteiger partial charge is 0.182 e. The second-order valence-corrected chi connectivity index (χ2v) is 11.0. The van der Waals surface area contributed by atoms with E-state index in [1.165, 1.54) is 5.56 Å². The third-order valence-corrected chi connectivity index (χ3v) is 7.87. The Morgan fingerprint density at radius 1 is 1.23 bits per heavy atom. The molecule has 3 rings (SSSR count). The molecule has 0 aromatic heterocycles. The van der Waals surface area contributed by atoms with Crippen LogP contribution < -0.4 is 5.32 Å². The maximum atomic E-state index is 14.1. The molecule has 1 atom stereocenters. The van der Waals surface area contributed by atoms with Crippen molar-refractivity contribution in [2.45, 2.75) is 91.3 Å². The molecule has 0 bridgehead atoms. The first-order valence-electron chi connectivity index (χ1n) is 11.8. The summed E-state index contributed by atoms with van der Waals surface area (Å²) >= 11 is 5.85. The van der Waals surface area contributed by atoms with Gasteiger partial charge in [-0.1, -0.05) is 39.0 Å². The Bertz CT molecular complexity index is 827. The fraction of sp³-hybridized carbons (Fsp3) is 0.692. The minimum Gasteiger partial charge on any atom is -0.381 e. The molecular formula is C26H40N2O2S. The number of ketones is 1. The molecule has 1 saturated carbocycles. The molecule has 1 heterocycles. The monoisotopic (exact) mass is 444 g/mol. The van der Waals surface area contributed by atoms with E-state index >= 15 is 0 Å². The molecule has 1 aliphatic carbocycles. The van der Waals surface area contributed by atoms with E-state index in [9.17, 15) is 4.79 Å². The molecule has 1 aromatic carbocycles. The molecule has 1 unspecified atom stereocenters. The normalized spacial score (nSPS) is 29.6. The molecule has 0 spiro atoms. The number of Topliss-reactive ketones (excluding diaryl/α,β-unsaturated/α-hetero) is 1. The van der Waals surface area contributed by atoms with Gasteiger partial charge in [0.05, 0.1) is 12.6 Å². The third kappa shape index (κ3) is 4.41. The second-order valence-electron chi connectivity index (χ2n) is 10.6. The van der Waals surface area contributed by atoms with Gasteiger partial charge in [0, 0.05) is 18.6 Å². The van der Waals surface area contributed by atoms with E-state index in [1.807, 2.05) is 4.90 Å².